The van der Waals surface area contributed by atoms with Gasteiger partial charge in [-0.05, 0) is 49.6 Å². The second kappa shape index (κ2) is 8.76. The van der Waals surface area contributed by atoms with E-state index in [1.165, 1.54) is 18.3 Å². The number of alkyl halides is 3. The number of oxime groups is 1. The highest BCUT2D eigenvalue weighted by Gasteiger charge is 2.30. The molecule has 2 aromatic heterocycles. The van der Waals surface area contributed by atoms with E-state index >= 15 is 0 Å². The van der Waals surface area contributed by atoms with Gasteiger partial charge in [-0.3, -0.25) is 4.98 Å². The number of benzene rings is 1. The number of aromatic nitrogens is 2. The molecule has 152 valence electrons. The molecular weight excluding hydrogens is 385 g/mol. The summed E-state index contributed by atoms with van der Waals surface area (Å²) in [6.07, 6.45) is 0.428. The summed E-state index contributed by atoms with van der Waals surface area (Å²) in [7, 11) is 0. The predicted molar refractivity (Wildman–Crippen MR) is 103 cm³/mol. The zero-order chi connectivity index (χ0) is 20.9. The highest BCUT2D eigenvalue weighted by Crippen LogP contribution is 2.32. The fourth-order valence-corrected chi connectivity index (χ4v) is 2.93. The van der Waals surface area contributed by atoms with Crippen molar-refractivity contribution in [2.75, 3.05) is 11.9 Å². The molecule has 0 saturated heterocycles. The van der Waals surface area contributed by atoms with Gasteiger partial charge in [0, 0.05) is 29.5 Å². The first kappa shape index (κ1) is 20.4. The summed E-state index contributed by atoms with van der Waals surface area (Å²) in [5.74, 6) is -0.0635. The fraction of sp³-hybridized carbons (Fsp3) is 0.250. The Balaban J connectivity index is 1.57. The molecular formula is C20H19F3N4O2. The van der Waals surface area contributed by atoms with E-state index in [1.807, 2.05) is 0 Å². The monoisotopic (exact) mass is 404 g/mol. The summed E-state index contributed by atoms with van der Waals surface area (Å²) in [6, 6.07) is 8.46. The van der Waals surface area contributed by atoms with Gasteiger partial charge in [-0.25, -0.2) is 4.98 Å². The van der Waals surface area contributed by atoms with Crippen molar-refractivity contribution in [2.45, 2.75) is 25.4 Å². The number of anilines is 1. The smallest absolute Gasteiger partial charge is 0.416 e. The fourth-order valence-electron chi connectivity index (χ4n) is 2.93. The Morgan fingerprint density at radius 3 is 2.69 bits per heavy atom. The number of hydrogen-bond donors (Lipinski definition) is 3. The predicted octanol–water partition coefficient (Wildman–Crippen LogP) is 4.60. The van der Waals surface area contributed by atoms with Gasteiger partial charge in [0.1, 0.15) is 11.4 Å². The van der Waals surface area contributed by atoms with Gasteiger partial charge in [-0.15, -0.1) is 0 Å². The Morgan fingerprint density at radius 1 is 1.10 bits per heavy atom. The van der Waals surface area contributed by atoms with Crippen LogP contribution < -0.4 is 5.32 Å². The van der Waals surface area contributed by atoms with E-state index in [1.54, 1.807) is 12.1 Å². The molecule has 2 heterocycles. The van der Waals surface area contributed by atoms with Crippen molar-refractivity contribution in [1.82, 2.24) is 9.97 Å². The van der Waals surface area contributed by atoms with Crippen molar-refractivity contribution in [1.29, 1.82) is 0 Å². The van der Waals surface area contributed by atoms with E-state index in [2.05, 4.69) is 20.4 Å². The Hall–Kier alpha value is -3.36. The van der Waals surface area contributed by atoms with Gasteiger partial charge in [-0.2, -0.15) is 13.2 Å². The number of aryl methyl sites for hydroxylation is 1. The summed E-state index contributed by atoms with van der Waals surface area (Å²) in [4.78, 5) is 8.24. The highest BCUT2D eigenvalue weighted by atomic mass is 19.4. The molecule has 0 aliphatic carbocycles. The topological polar surface area (TPSA) is 90.6 Å². The third kappa shape index (κ3) is 5.13. The standard InChI is InChI=1S/C20H19F3N4O2/c21-20(22,23)13-4-6-15-16(8-10-25-17(15)11-13)24-9-2-1-3-14-5-7-19(28)18(27-14)12-26-29/h4-8,10-12,28-29H,1-3,9H2,(H,24,25)/b26-12+. The van der Waals surface area contributed by atoms with E-state index in [0.29, 0.717) is 18.4 Å². The normalized spacial score (nSPS) is 12.0. The number of nitrogens with one attached hydrogen (secondary N) is 1. The molecule has 0 fully saturated rings. The molecule has 3 aromatic rings. The highest BCUT2D eigenvalue weighted by molar-refractivity contribution is 5.91. The molecule has 29 heavy (non-hydrogen) atoms. The number of pyridine rings is 2. The first-order valence-electron chi connectivity index (χ1n) is 8.94. The van der Waals surface area contributed by atoms with Crippen molar-refractivity contribution in [3.05, 3.63) is 59.5 Å². The molecule has 0 atom stereocenters. The maximum Gasteiger partial charge on any atom is 0.416 e. The van der Waals surface area contributed by atoms with Crippen LogP contribution in [0.2, 0.25) is 0 Å². The molecule has 0 radical (unpaired) electrons. The number of unbranched alkanes of at least 4 members (excludes halogenated alkanes) is 1. The van der Waals surface area contributed by atoms with E-state index in [0.717, 1.165) is 42.6 Å². The average Bonchev–Trinajstić information content (AvgIpc) is 2.69. The lowest BCUT2D eigenvalue weighted by molar-refractivity contribution is -0.137. The number of fused-ring (bicyclic) bond motifs is 1. The van der Waals surface area contributed by atoms with Crippen LogP contribution in [0, 0.1) is 0 Å². The Bertz CT molecular complexity index is 1020. The SMILES string of the molecule is O/N=C/c1nc(CCCCNc2ccnc3cc(C(F)(F)F)ccc23)ccc1O. The Kier molecular flexibility index (Phi) is 6.16. The maximum atomic E-state index is 12.9. The molecule has 1 aromatic carbocycles. The van der Waals surface area contributed by atoms with Crippen molar-refractivity contribution in [2.24, 2.45) is 5.16 Å². The molecule has 0 spiro atoms. The van der Waals surface area contributed by atoms with Crippen molar-refractivity contribution >= 4 is 22.8 Å². The molecule has 0 aliphatic heterocycles. The van der Waals surface area contributed by atoms with Crippen LogP contribution in [0.15, 0.2) is 47.8 Å². The molecule has 9 heteroatoms. The summed E-state index contributed by atoms with van der Waals surface area (Å²) in [5, 5.41) is 24.9. The van der Waals surface area contributed by atoms with Crippen LogP contribution in [-0.2, 0) is 12.6 Å². The van der Waals surface area contributed by atoms with E-state index in [9.17, 15) is 18.3 Å². The van der Waals surface area contributed by atoms with Crippen LogP contribution in [0.4, 0.5) is 18.9 Å². The molecule has 3 N–H and O–H groups in total. The van der Waals surface area contributed by atoms with Crippen molar-refractivity contribution < 1.29 is 23.5 Å². The van der Waals surface area contributed by atoms with Gasteiger partial charge in [0.05, 0.1) is 17.3 Å². The maximum absolute atomic E-state index is 12.9. The molecule has 0 saturated carbocycles. The minimum atomic E-state index is -4.40. The average molecular weight is 404 g/mol. The van der Waals surface area contributed by atoms with E-state index in [-0.39, 0.29) is 17.0 Å². The van der Waals surface area contributed by atoms with Gasteiger partial charge in [0.2, 0.25) is 0 Å². The van der Waals surface area contributed by atoms with Crippen molar-refractivity contribution in [3.8, 4) is 5.75 Å². The molecule has 6 nitrogen and oxygen atoms in total. The lowest BCUT2D eigenvalue weighted by Crippen LogP contribution is -2.06. The zero-order valence-corrected chi connectivity index (χ0v) is 15.3. The number of hydrogen-bond acceptors (Lipinski definition) is 6. The summed E-state index contributed by atoms with van der Waals surface area (Å²) in [5.41, 5.74) is 1.25. The minimum Gasteiger partial charge on any atom is -0.506 e. The van der Waals surface area contributed by atoms with Crippen LogP contribution >= 0.6 is 0 Å². The zero-order valence-electron chi connectivity index (χ0n) is 15.3. The number of rotatable bonds is 7. The van der Waals surface area contributed by atoms with Gasteiger partial charge in [0.25, 0.3) is 0 Å². The first-order chi connectivity index (χ1) is 13.9. The summed E-state index contributed by atoms with van der Waals surface area (Å²) < 4.78 is 38.6. The van der Waals surface area contributed by atoms with Gasteiger partial charge >= 0.3 is 6.18 Å². The Labute approximate surface area is 164 Å². The summed E-state index contributed by atoms with van der Waals surface area (Å²) >= 11 is 0. The minimum absolute atomic E-state index is 0.0635. The lowest BCUT2D eigenvalue weighted by Gasteiger charge is -2.11. The number of nitrogens with zero attached hydrogens (tertiary/aromatic N) is 3. The van der Waals surface area contributed by atoms with Crippen LogP contribution in [0.5, 0.6) is 5.75 Å². The van der Waals surface area contributed by atoms with Crippen molar-refractivity contribution in [3.63, 3.8) is 0 Å². The third-order valence-electron chi connectivity index (χ3n) is 4.39. The van der Waals surface area contributed by atoms with Crippen LogP contribution in [0.1, 0.15) is 29.8 Å². The largest absolute Gasteiger partial charge is 0.506 e. The van der Waals surface area contributed by atoms with Gasteiger partial charge in [0.15, 0.2) is 0 Å². The molecule has 0 bridgehead atoms. The molecule has 0 aliphatic rings. The van der Waals surface area contributed by atoms with E-state index in [4.69, 9.17) is 5.21 Å². The second-order valence-corrected chi connectivity index (χ2v) is 6.42. The van der Waals surface area contributed by atoms with Gasteiger partial charge in [-0.1, -0.05) is 11.2 Å². The number of halogens is 3. The van der Waals surface area contributed by atoms with E-state index < -0.39 is 11.7 Å². The van der Waals surface area contributed by atoms with Crippen LogP contribution in [-0.4, -0.2) is 33.0 Å². The third-order valence-corrected chi connectivity index (χ3v) is 4.39. The van der Waals surface area contributed by atoms with Crippen LogP contribution in [0.3, 0.4) is 0 Å². The first-order valence-corrected chi connectivity index (χ1v) is 8.94. The quantitative estimate of drug-likeness (QED) is 0.232. The molecule has 0 unspecified atom stereocenters. The van der Waals surface area contributed by atoms with Crippen LogP contribution in [0.25, 0.3) is 10.9 Å². The molecule has 3 rings (SSSR count). The lowest BCUT2D eigenvalue weighted by atomic mass is 10.1. The Morgan fingerprint density at radius 2 is 1.93 bits per heavy atom. The number of aromatic hydroxyl groups is 1. The van der Waals surface area contributed by atoms with Gasteiger partial charge < -0.3 is 15.6 Å². The molecule has 0 amide bonds. The second-order valence-electron chi connectivity index (χ2n) is 6.42. The summed E-state index contributed by atoms with van der Waals surface area (Å²) in [6.45, 7) is 0.628.